The molecular weight excluding hydrogens is 499 g/mol. The van der Waals surface area contributed by atoms with Crippen LogP contribution in [0, 0.1) is 5.82 Å². The lowest BCUT2D eigenvalue weighted by molar-refractivity contribution is -0.123. The van der Waals surface area contributed by atoms with Crippen LogP contribution in [0.15, 0.2) is 60.8 Å². The highest BCUT2D eigenvalue weighted by Gasteiger charge is 2.45. The average molecular weight is 529 g/mol. The molecule has 0 aliphatic carbocycles. The SMILES string of the molecule is CNc1cc(C(=O)CC[C@](C)(O)c2cc3c(c(-c4ccc(F)cc4)n2)OC[C@]3(C)C(N)=O)cc2cccnc12. The van der Waals surface area contributed by atoms with Crippen molar-refractivity contribution in [3.8, 4) is 17.0 Å². The summed E-state index contributed by atoms with van der Waals surface area (Å²) in [6.07, 6.45) is 1.80. The number of hydrogen-bond donors (Lipinski definition) is 3. The van der Waals surface area contributed by atoms with Crippen LogP contribution in [0.3, 0.4) is 0 Å². The summed E-state index contributed by atoms with van der Waals surface area (Å²) in [5.74, 6) is -0.777. The van der Waals surface area contributed by atoms with Gasteiger partial charge in [-0.3, -0.25) is 14.6 Å². The molecule has 1 aliphatic rings. The van der Waals surface area contributed by atoms with Gasteiger partial charge >= 0.3 is 0 Å². The Morgan fingerprint density at radius 1 is 1.21 bits per heavy atom. The Morgan fingerprint density at radius 3 is 2.64 bits per heavy atom. The van der Waals surface area contributed by atoms with Gasteiger partial charge in [0.05, 0.1) is 16.9 Å². The van der Waals surface area contributed by atoms with E-state index in [1.807, 2.05) is 12.1 Å². The molecule has 0 fully saturated rings. The zero-order valence-corrected chi connectivity index (χ0v) is 21.9. The van der Waals surface area contributed by atoms with E-state index < -0.39 is 22.7 Å². The van der Waals surface area contributed by atoms with Crippen molar-refractivity contribution in [2.45, 2.75) is 37.7 Å². The minimum absolute atomic E-state index is 0.0161. The van der Waals surface area contributed by atoms with Crippen LogP contribution >= 0.6 is 0 Å². The van der Waals surface area contributed by atoms with Crippen LogP contribution in [0.4, 0.5) is 10.1 Å². The van der Waals surface area contributed by atoms with E-state index >= 15 is 0 Å². The third-order valence-corrected chi connectivity index (χ3v) is 7.42. The highest BCUT2D eigenvalue weighted by Crippen LogP contribution is 2.46. The predicted octanol–water partition coefficient (Wildman–Crippen LogP) is 4.48. The molecule has 0 radical (unpaired) electrons. The Balaban J connectivity index is 1.49. The summed E-state index contributed by atoms with van der Waals surface area (Å²) in [7, 11) is 1.77. The number of amides is 1. The van der Waals surface area contributed by atoms with E-state index in [9.17, 15) is 19.1 Å². The molecule has 0 bridgehead atoms. The van der Waals surface area contributed by atoms with Crippen molar-refractivity contribution in [1.29, 1.82) is 0 Å². The summed E-state index contributed by atoms with van der Waals surface area (Å²) in [4.78, 5) is 34.7. The maximum atomic E-state index is 13.6. The van der Waals surface area contributed by atoms with Gasteiger partial charge in [-0.2, -0.15) is 0 Å². The van der Waals surface area contributed by atoms with E-state index in [2.05, 4.69) is 15.3 Å². The summed E-state index contributed by atoms with van der Waals surface area (Å²) < 4.78 is 19.5. The largest absolute Gasteiger partial charge is 0.489 e. The van der Waals surface area contributed by atoms with Crippen molar-refractivity contribution < 1.29 is 23.8 Å². The number of primary amides is 1. The molecule has 9 heteroatoms. The van der Waals surface area contributed by atoms with Crippen molar-refractivity contribution in [3.05, 3.63) is 83.4 Å². The number of ketones is 1. The van der Waals surface area contributed by atoms with Gasteiger partial charge in [-0.15, -0.1) is 0 Å². The number of benzene rings is 2. The Hall–Kier alpha value is -4.37. The van der Waals surface area contributed by atoms with Crippen LogP contribution in [0.5, 0.6) is 5.75 Å². The minimum atomic E-state index is -1.54. The van der Waals surface area contributed by atoms with E-state index in [-0.39, 0.29) is 30.9 Å². The van der Waals surface area contributed by atoms with E-state index in [0.29, 0.717) is 28.1 Å². The second-order valence-corrected chi connectivity index (χ2v) is 10.3. The second kappa shape index (κ2) is 9.74. The number of anilines is 1. The lowest BCUT2D eigenvalue weighted by atomic mass is 9.81. The summed E-state index contributed by atoms with van der Waals surface area (Å²) in [6, 6.07) is 14.6. The summed E-state index contributed by atoms with van der Waals surface area (Å²) in [5.41, 5.74) is 6.71. The Labute approximate surface area is 225 Å². The minimum Gasteiger partial charge on any atom is -0.489 e. The normalized spacial score (nSPS) is 17.8. The van der Waals surface area contributed by atoms with Crippen molar-refractivity contribution in [2.24, 2.45) is 5.73 Å². The van der Waals surface area contributed by atoms with Gasteiger partial charge in [0.25, 0.3) is 0 Å². The zero-order chi connectivity index (χ0) is 27.9. The maximum absolute atomic E-state index is 13.6. The van der Waals surface area contributed by atoms with Gasteiger partial charge in [0.15, 0.2) is 5.78 Å². The van der Waals surface area contributed by atoms with Crippen molar-refractivity contribution >= 4 is 28.3 Å². The molecule has 5 rings (SSSR count). The van der Waals surface area contributed by atoms with Gasteiger partial charge in [0.2, 0.25) is 5.91 Å². The van der Waals surface area contributed by atoms with E-state index in [4.69, 9.17) is 10.5 Å². The van der Waals surface area contributed by atoms with Crippen LogP contribution in [-0.2, 0) is 15.8 Å². The molecule has 8 nitrogen and oxygen atoms in total. The number of aromatic nitrogens is 2. The number of Topliss-reactive ketones (excluding diaryl/α,β-unsaturated/α-hetero) is 1. The lowest BCUT2D eigenvalue weighted by Gasteiger charge is -2.26. The molecule has 1 amide bonds. The van der Waals surface area contributed by atoms with Crippen molar-refractivity contribution in [2.75, 3.05) is 19.0 Å². The first-order chi connectivity index (χ1) is 18.5. The van der Waals surface area contributed by atoms with E-state index in [1.54, 1.807) is 57.4 Å². The van der Waals surface area contributed by atoms with Gasteiger partial charge in [-0.25, -0.2) is 9.37 Å². The monoisotopic (exact) mass is 528 g/mol. The van der Waals surface area contributed by atoms with Gasteiger partial charge in [0, 0.05) is 41.7 Å². The first-order valence-corrected chi connectivity index (χ1v) is 12.6. The highest BCUT2D eigenvalue weighted by atomic mass is 19.1. The standard InChI is InChI=1S/C30H29FN4O4/c1-29(28(32)37)16-39-27-21(29)15-24(35-26(27)17-6-8-20(31)9-7-17)30(2,38)11-10-23(36)19-13-18-5-4-12-34-25(18)22(14-19)33-3/h4-9,12-15,33,38H,10-11,16H2,1-3H3,(H2,32,37)/t29-,30-/m0/s1. The van der Waals surface area contributed by atoms with Gasteiger partial charge in [0.1, 0.15) is 34.9 Å². The topological polar surface area (TPSA) is 127 Å². The molecule has 0 saturated carbocycles. The average Bonchev–Trinajstić information content (AvgIpc) is 3.29. The number of halogens is 1. The maximum Gasteiger partial charge on any atom is 0.231 e. The third-order valence-electron chi connectivity index (χ3n) is 7.42. The molecule has 39 heavy (non-hydrogen) atoms. The Bertz CT molecular complexity index is 1600. The second-order valence-electron chi connectivity index (χ2n) is 10.3. The van der Waals surface area contributed by atoms with Crippen LogP contribution < -0.4 is 15.8 Å². The molecule has 3 heterocycles. The van der Waals surface area contributed by atoms with Gasteiger partial charge in [-0.1, -0.05) is 6.07 Å². The number of nitrogens with two attached hydrogens (primary N) is 1. The summed E-state index contributed by atoms with van der Waals surface area (Å²) >= 11 is 0. The predicted molar refractivity (Wildman–Crippen MR) is 146 cm³/mol. The van der Waals surface area contributed by atoms with Crippen LogP contribution in [0.2, 0.25) is 0 Å². The molecule has 1 aliphatic heterocycles. The molecular formula is C30H29FN4O4. The molecule has 0 spiro atoms. The number of aliphatic hydroxyl groups is 1. The smallest absolute Gasteiger partial charge is 0.231 e. The van der Waals surface area contributed by atoms with Crippen molar-refractivity contribution in [3.63, 3.8) is 0 Å². The molecule has 0 unspecified atom stereocenters. The number of nitrogens with zero attached hydrogens (tertiary/aromatic N) is 2. The number of ether oxygens (including phenoxy) is 1. The number of fused-ring (bicyclic) bond motifs is 2. The number of carbonyl (C=O) groups is 2. The Kier molecular flexibility index (Phi) is 6.56. The summed E-state index contributed by atoms with van der Waals surface area (Å²) in [5, 5.41) is 15.5. The van der Waals surface area contributed by atoms with Crippen LogP contribution in [0.1, 0.15) is 48.3 Å². The molecule has 0 saturated heterocycles. The fourth-order valence-corrected chi connectivity index (χ4v) is 4.84. The first-order valence-electron chi connectivity index (χ1n) is 12.6. The first kappa shape index (κ1) is 26.2. The molecule has 2 aromatic heterocycles. The molecule has 2 aromatic carbocycles. The number of nitrogens with one attached hydrogen (secondary N) is 1. The van der Waals surface area contributed by atoms with Crippen molar-refractivity contribution in [1.82, 2.24) is 9.97 Å². The van der Waals surface area contributed by atoms with E-state index in [0.717, 1.165) is 16.6 Å². The molecule has 4 N–H and O–H groups in total. The summed E-state index contributed by atoms with van der Waals surface area (Å²) in [6.45, 7) is 3.26. The van der Waals surface area contributed by atoms with Gasteiger partial charge < -0.3 is 20.9 Å². The van der Waals surface area contributed by atoms with E-state index in [1.165, 1.54) is 12.1 Å². The third kappa shape index (κ3) is 4.70. The van der Waals surface area contributed by atoms with Gasteiger partial charge in [-0.05, 0) is 68.8 Å². The molecule has 4 aromatic rings. The molecule has 200 valence electrons. The van der Waals surface area contributed by atoms with Crippen LogP contribution in [-0.4, -0.2) is 40.4 Å². The zero-order valence-electron chi connectivity index (χ0n) is 21.9. The number of carbonyl (C=O) groups excluding carboxylic acids is 2. The lowest BCUT2D eigenvalue weighted by Crippen LogP contribution is -2.40. The fraction of sp³-hybridized carbons (Fsp3) is 0.267. The highest BCUT2D eigenvalue weighted by molar-refractivity contribution is 6.03. The number of pyridine rings is 2. The fourth-order valence-electron chi connectivity index (χ4n) is 4.84. The number of hydrogen-bond acceptors (Lipinski definition) is 7. The Morgan fingerprint density at radius 2 is 1.95 bits per heavy atom. The molecule has 2 atom stereocenters. The van der Waals surface area contributed by atoms with Crippen LogP contribution in [0.25, 0.3) is 22.2 Å². The quantitative estimate of drug-likeness (QED) is 0.288. The number of rotatable bonds is 8.